The van der Waals surface area contributed by atoms with Gasteiger partial charge < -0.3 is 19.9 Å². The summed E-state index contributed by atoms with van der Waals surface area (Å²) in [5, 5.41) is 11.6. The summed E-state index contributed by atoms with van der Waals surface area (Å²) in [6.07, 6.45) is 23.4. The van der Waals surface area contributed by atoms with Crippen LogP contribution in [0, 0.1) is 11.3 Å². The van der Waals surface area contributed by atoms with Crippen molar-refractivity contribution in [2.75, 3.05) is 18.9 Å². The van der Waals surface area contributed by atoms with Gasteiger partial charge in [0.25, 0.3) is 0 Å². The van der Waals surface area contributed by atoms with E-state index in [2.05, 4.69) is 17.0 Å². The van der Waals surface area contributed by atoms with Gasteiger partial charge in [0.05, 0.1) is 24.5 Å². The lowest BCUT2D eigenvalue weighted by Crippen LogP contribution is -2.19. The molecule has 0 radical (unpaired) electrons. The highest BCUT2D eigenvalue weighted by atomic mass is 16.7. The van der Waals surface area contributed by atoms with Crippen molar-refractivity contribution >= 4 is 17.5 Å². The quantitative estimate of drug-likeness (QED) is 0.124. The molecule has 230 valence electrons. The highest BCUT2D eigenvalue weighted by molar-refractivity contribution is 5.65. The van der Waals surface area contributed by atoms with Crippen molar-refractivity contribution in [1.29, 1.82) is 5.26 Å². The Labute approximate surface area is 247 Å². The zero-order chi connectivity index (χ0) is 29.5. The minimum atomic E-state index is -0.605. The van der Waals surface area contributed by atoms with E-state index in [0.29, 0.717) is 12.4 Å². The average molecular weight is 572 g/mol. The van der Waals surface area contributed by atoms with Crippen molar-refractivity contribution in [1.82, 2.24) is 14.6 Å². The lowest BCUT2D eigenvalue weighted by Gasteiger charge is -2.14. The standard InChI is InChI=1S/C30H50N4O4.C2H3N/c1-2-3-4-5-6-7-8-9-10-11-12-13-14-15-16-17-22-36-30(35)37-23-25-18-21-28(38-25)26-19-20-27-29(31)32-24-33-34(26)27;1-2-3/h19-20,24-25,28H,2-18,21-23H2,1H3,(H2,31,32,33);1H3. The smallest absolute Gasteiger partial charge is 0.434 e. The Hall–Kier alpha value is -2.86. The number of rotatable bonds is 20. The molecule has 0 aliphatic carbocycles. The van der Waals surface area contributed by atoms with E-state index >= 15 is 0 Å². The maximum absolute atomic E-state index is 11.9. The van der Waals surface area contributed by atoms with Crippen LogP contribution in [0.25, 0.3) is 5.52 Å². The van der Waals surface area contributed by atoms with Gasteiger partial charge in [-0.3, -0.25) is 0 Å². The summed E-state index contributed by atoms with van der Waals surface area (Å²) in [6, 6.07) is 5.61. The second kappa shape index (κ2) is 21.8. The van der Waals surface area contributed by atoms with Gasteiger partial charge in [-0.05, 0) is 31.4 Å². The molecule has 2 aromatic rings. The van der Waals surface area contributed by atoms with Gasteiger partial charge in [-0.2, -0.15) is 10.4 Å². The first-order valence-corrected chi connectivity index (χ1v) is 15.9. The summed E-state index contributed by atoms with van der Waals surface area (Å²) < 4.78 is 18.4. The Kier molecular flexibility index (Phi) is 18.3. The number of nitrogens with zero attached hydrogens (tertiary/aromatic N) is 4. The van der Waals surface area contributed by atoms with Crippen molar-refractivity contribution in [3.8, 4) is 6.07 Å². The largest absolute Gasteiger partial charge is 0.508 e. The fraction of sp³-hybridized carbons (Fsp3) is 0.750. The van der Waals surface area contributed by atoms with E-state index in [-0.39, 0.29) is 18.8 Å². The monoisotopic (exact) mass is 571 g/mol. The van der Waals surface area contributed by atoms with Crippen LogP contribution >= 0.6 is 0 Å². The maximum Gasteiger partial charge on any atom is 0.508 e. The molecule has 0 amide bonds. The summed E-state index contributed by atoms with van der Waals surface area (Å²) in [4.78, 5) is 16.0. The van der Waals surface area contributed by atoms with Gasteiger partial charge >= 0.3 is 6.16 Å². The second-order valence-electron chi connectivity index (χ2n) is 11.0. The van der Waals surface area contributed by atoms with Crippen LogP contribution in [-0.2, 0) is 14.2 Å². The van der Waals surface area contributed by atoms with Gasteiger partial charge in [-0.25, -0.2) is 14.3 Å². The highest BCUT2D eigenvalue weighted by Gasteiger charge is 2.30. The molecular formula is C32H53N5O4. The molecular weight excluding hydrogens is 518 g/mol. The van der Waals surface area contributed by atoms with Crippen LogP contribution in [0.3, 0.4) is 0 Å². The minimum Gasteiger partial charge on any atom is -0.434 e. The minimum absolute atomic E-state index is 0.110. The molecule has 1 aliphatic rings. The Morgan fingerprint density at radius 1 is 0.951 bits per heavy atom. The van der Waals surface area contributed by atoms with Crippen LogP contribution in [0.1, 0.15) is 141 Å². The van der Waals surface area contributed by atoms with Crippen molar-refractivity contribution in [2.24, 2.45) is 0 Å². The lowest BCUT2D eigenvalue weighted by molar-refractivity contribution is -0.0176. The molecule has 9 heteroatoms. The summed E-state index contributed by atoms with van der Waals surface area (Å²) in [7, 11) is 0. The normalized spacial score (nSPS) is 16.2. The van der Waals surface area contributed by atoms with Gasteiger partial charge in [0, 0.05) is 6.92 Å². The number of hydrogen-bond acceptors (Lipinski definition) is 8. The number of nitrogen functional groups attached to an aromatic ring is 1. The highest BCUT2D eigenvalue weighted by Crippen LogP contribution is 2.34. The Morgan fingerprint density at radius 2 is 1.51 bits per heavy atom. The third kappa shape index (κ3) is 14.0. The SMILES string of the molecule is CC#N.CCCCCCCCCCCCCCCCCCOC(=O)OCC1CCC(c2ccc3c(N)ncnn23)O1. The van der Waals surface area contributed by atoms with Crippen molar-refractivity contribution in [3.63, 3.8) is 0 Å². The molecule has 9 nitrogen and oxygen atoms in total. The number of fused-ring (bicyclic) bond motifs is 1. The predicted molar refractivity (Wildman–Crippen MR) is 162 cm³/mol. The predicted octanol–water partition coefficient (Wildman–Crippen LogP) is 8.48. The molecule has 1 saturated heterocycles. The number of carbonyl (C=O) groups excluding carboxylic acids is 1. The number of carbonyl (C=O) groups is 1. The van der Waals surface area contributed by atoms with Crippen molar-refractivity contribution < 1.29 is 19.0 Å². The number of aromatic nitrogens is 3. The fourth-order valence-corrected chi connectivity index (χ4v) is 5.27. The summed E-state index contributed by atoms with van der Waals surface area (Å²) in [5.74, 6) is 0.441. The molecule has 0 bridgehead atoms. The molecule has 2 unspecified atom stereocenters. The van der Waals surface area contributed by atoms with E-state index in [9.17, 15) is 4.79 Å². The lowest BCUT2D eigenvalue weighted by atomic mass is 10.0. The number of nitriles is 1. The van der Waals surface area contributed by atoms with Gasteiger partial charge in [-0.1, -0.05) is 103 Å². The van der Waals surface area contributed by atoms with Gasteiger partial charge in [0.1, 0.15) is 24.6 Å². The number of nitrogens with two attached hydrogens (primary N) is 1. The first kappa shape index (κ1) is 34.3. The van der Waals surface area contributed by atoms with Crippen LogP contribution in [-0.4, -0.2) is 40.1 Å². The zero-order valence-electron chi connectivity index (χ0n) is 25.5. The molecule has 3 heterocycles. The molecule has 0 aromatic carbocycles. The first-order valence-electron chi connectivity index (χ1n) is 15.9. The number of unbranched alkanes of at least 4 members (excludes halogenated alkanes) is 15. The molecule has 2 aromatic heterocycles. The van der Waals surface area contributed by atoms with Crippen molar-refractivity contribution in [2.45, 2.75) is 142 Å². The number of ether oxygens (including phenoxy) is 3. The molecule has 1 aliphatic heterocycles. The van der Waals surface area contributed by atoms with E-state index in [1.165, 1.54) is 103 Å². The van der Waals surface area contributed by atoms with Crippen LogP contribution < -0.4 is 5.73 Å². The number of hydrogen-bond donors (Lipinski definition) is 1. The average Bonchev–Trinajstić information content (AvgIpc) is 3.62. The Bertz CT molecular complexity index is 1010. The van der Waals surface area contributed by atoms with Crippen LogP contribution in [0.4, 0.5) is 10.6 Å². The van der Waals surface area contributed by atoms with E-state index in [1.54, 1.807) is 10.6 Å². The van der Waals surface area contributed by atoms with E-state index < -0.39 is 6.16 Å². The molecule has 2 N–H and O–H groups in total. The van der Waals surface area contributed by atoms with Gasteiger partial charge in [-0.15, -0.1) is 0 Å². The third-order valence-corrected chi connectivity index (χ3v) is 7.55. The molecule has 0 saturated carbocycles. The first-order chi connectivity index (χ1) is 20.1. The van der Waals surface area contributed by atoms with Crippen molar-refractivity contribution in [3.05, 3.63) is 24.2 Å². The number of anilines is 1. The summed E-state index contributed by atoms with van der Waals surface area (Å²) in [6.45, 7) is 4.33. The maximum atomic E-state index is 11.9. The third-order valence-electron chi connectivity index (χ3n) is 7.55. The second-order valence-corrected chi connectivity index (χ2v) is 11.0. The van der Waals surface area contributed by atoms with Gasteiger partial charge in [0.2, 0.25) is 0 Å². The summed E-state index contributed by atoms with van der Waals surface area (Å²) in [5.41, 5.74) is 7.61. The fourth-order valence-electron chi connectivity index (χ4n) is 5.27. The topological polar surface area (TPSA) is 125 Å². The van der Waals surface area contributed by atoms with Crippen LogP contribution in [0.2, 0.25) is 0 Å². The van der Waals surface area contributed by atoms with Crippen LogP contribution in [0.15, 0.2) is 18.5 Å². The molecule has 3 rings (SSSR count). The summed E-state index contributed by atoms with van der Waals surface area (Å²) >= 11 is 0. The van der Waals surface area contributed by atoms with Gasteiger partial charge in [0.15, 0.2) is 5.82 Å². The van der Waals surface area contributed by atoms with E-state index in [4.69, 9.17) is 25.2 Å². The Morgan fingerprint density at radius 3 is 2.10 bits per heavy atom. The van der Waals surface area contributed by atoms with E-state index in [1.807, 2.05) is 12.1 Å². The van der Waals surface area contributed by atoms with E-state index in [0.717, 1.165) is 36.9 Å². The molecule has 41 heavy (non-hydrogen) atoms. The zero-order valence-corrected chi connectivity index (χ0v) is 25.5. The molecule has 2 atom stereocenters. The molecule has 1 fully saturated rings. The Balaban J connectivity index is 0.00000187. The molecule has 0 spiro atoms. The van der Waals surface area contributed by atoms with Crippen LogP contribution in [0.5, 0.6) is 0 Å².